The Kier molecular flexibility index (Phi) is 9.55. The maximum absolute atomic E-state index is 13.2. The Bertz CT molecular complexity index is 1410. The van der Waals surface area contributed by atoms with E-state index in [0.717, 1.165) is 16.3 Å². The number of aromatic nitrogens is 3. The summed E-state index contributed by atoms with van der Waals surface area (Å²) in [7, 11) is 0. The molecular weight excluding hydrogens is 615 g/mol. The van der Waals surface area contributed by atoms with Crippen molar-refractivity contribution in [3.63, 3.8) is 0 Å². The van der Waals surface area contributed by atoms with Gasteiger partial charge in [0.25, 0.3) is 11.8 Å². The number of oxime groups is 1. The average Bonchev–Trinajstić information content (AvgIpc) is 3.52. The van der Waals surface area contributed by atoms with E-state index in [1.54, 1.807) is 27.7 Å². The Balaban J connectivity index is 1.45. The van der Waals surface area contributed by atoms with E-state index in [9.17, 15) is 24.3 Å². The summed E-state index contributed by atoms with van der Waals surface area (Å²) in [5.41, 5.74) is -0.298. The topological polar surface area (TPSA) is 185 Å². The van der Waals surface area contributed by atoms with Gasteiger partial charge in [0.1, 0.15) is 40.0 Å². The molecule has 0 radical (unpaired) electrons. The number of carboxylic acids is 1. The van der Waals surface area contributed by atoms with E-state index in [1.165, 1.54) is 45.1 Å². The van der Waals surface area contributed by atoms with Crippen LogP contribution in [0.2, 0.25) is 0 Å². The zero-order valence-electron chi connectivity index (χ0n) is 22.6. The molecule has 3 amide bonds. The molecule has 0 saturated carbocycles. The highest BCUT2D eigenvalue weighted by Gasteiger charge is 2.54. The Morgan fingerprint density at radius 3 is 2.68 bits per heavy atom. The molecule has 2 aromatic heterocycles. The number of rotatable bonds is 10. The van der Waals surface area contributed by atoms with E-state index >= 15 is 0 Å². The van der Waals surface area contributed by atoms with Gasteiger partial charge >= 0.3 is 12.1 Å². The van der Waals surface area contributed by atoms with Gasteiger partial charge in [0.05, 0.1) is 0 Å². The quantitative estimate of drug-likeness (QED) is 0.149. The molecular formula is C23H27N7O7S4. The number of hydrogen-bond acceptors (Lipinski definition) is 14. The van der Waals surface area contributed by atoms with Crippen LogP contribution in [0.5, 0.6) is 0 Å². The number of fused-ring (bicyclic) bond motifs is 1. The summed E-state index contributed by atoms with van der Waals surface area (Å²) in [6.45, 7) is 8.85. The fraction of sp³-hybridized carbons (Fsp3) is 0.478. The van der Waals surface area contributed by atoms with Gasteiger partial charge in [0, 0.05) is 16.9 Å². The van der Waals surface area contributed by atoms with Gasteiger partial charge in [-0.3, -0.25) is 19.8 Å². The van der Waals surface area contributed by atoms with Gasteiger partial charge in [-0.1, -0.05) is 28.3 Å². The van der Waals surface area contributed by atoms with Crippen LogP contribution in [0.4, 0.5) is 9.93 Å². The molecule has 2 aliphatic rings. The van der Waals surface area contributed by atoms with Gasteiger partial charge < -0.3 is 20.0 Å². The van der Waals surface area contributed by atoms with E-state index in [2.05, 4.69) is 31.0 Å². The van der Waals surface area contributed by atoms with Gasteiger partial charge in [-0.2, -0.15) is 0 Å². The smallest absolute Gasteiger partial charge is 0.413 e. The fourth-order valence-corrected chi connectivity index (χ4v) is 7.64. The largest absolute Gasteiger partial charge is 0.477 e. The van der Waals surface area contributed by atoms with Gasteiger partial charge in [-0.15, -0.1) is 33.3 Å². The number of carbonyl (C=O) groups is 4. The monoisotopic (exact) mass is 641 g/mol. The minimum atomic E-state index is -1.22. The second kappa shape index (κ2) is 12.7. The van der Waals surface area contributed by atoms with Crippen LogP contribution >= 0.6 is 46.2 Å². The standard InChI is InChI=1S/C23H27N7O7S4/c1-6-36-29-13(12-9-39-20(24-12)26-21(35)37-23(3,4)5)16(31)25-14-17(32)30-15(19(33)34)11(7-38-18(14)30)8-40-22-28-27-10(2)41-22/h9,14,18H,6-8H2,1-5H3,(H,25,31)(H,33,34)(H,24,26,35)/b29-13+/t14?,18-/m1/s1. The molecule has 4 heterocycles. The SMILES string of the molecule is CCO/N=C(/C(=O)NC1C(=O)N2C(C(=O)O)=C(CSc3nnc(C)s3)CS[C@H]12)c1csc(NC(=O)OC(C)(C)C)n1. The van der Waals surface area contributed by atoms with Crippen molar-refractivity contribution in [1.29, 1.82) is 0 Å². The van der Waals surface area contributed by atoms with Crippen molar-refractivity contribution < 1.29 is 33.9 Å². The third kappa shape index (κ3) is 7.35. The molecule has 2 aromatic rings. The molecule has 220 valence electrons. The van der Waals surface area contributed by atoms with E-state index in [1.807, 2.05) is 6.92 Å². The predicted molar refractivity (Wildman–Crippen MR) is 155 cm³/mol. The number of carboxylic acid groups (broad SMARTS) is 1. The number of anilines is 1. The van der Waals surface area contributed by atoms with E-state index in [4.69, 9.17) is 9.57 Å². The molecule has 14 nitrogen and oxygen atoms in total. The van der Waals surface area contributed by atoms with Crippen LogP contribution in [0, 0.1) is 6.92 Å². The van der Waals surface area contributed by atoms with Crippen LogP contribution in [0.25, 0.3) is 0 Å². The van der Waals surface area contributed by atoms with Crippen molar-refractivity contribution in [3.05, 3.63) is 27.4 Å². The molecule has 3 N–H and O–H groups in total. The maximum atomic E-state index is 13.2. The number of amides is 3. The molecule has 0 aromatic carbocycles. The Hall–Kier alpha value is -3.22. The lowest BCUT2D eigenvalue weighted by molar-refractivity contribution is -0.150. The van der Waals surface area contributed by atoms with E-state index in [-0.39, 0.29) is 28.8 Å². The lowest BCUT2D eigenvalue weighted by atomic mass is 10.0. The number of nitrogens with zero attached hydrogens (tertiary/aromatic N) is 5. The molecule has 1 saturated heterocycles. The minimum Gasteiger partial charge on any atom is -0.477 e. The first kappa shape index (κ1) is 30.7. The molecule has 4 rings (SSSR count). The van der Waals surface area contributed by atoms with Gasteiger partial charge in [-0.05, 0) is 40.2 Å². The van der Waals surface area contributed by atoms with Crippen molar-refractivity contribution in [2.75, 3.05) is 23.4 Å². The molecule has 0 spiro atoms. The summed E-state index contributed by atoms with van der Waals surface area (Å²) in [5, 5.41) is 28.8. The van der Waals surface area contributed by atoms with Crippen LogP contribution in [-0.4, -0.2) is 89.9 Å². The van der Waals surface area contributed by atoms with Crippen molar-refractivity contribution in [1.82, 2.24) is 25.4 Å². The number of hydrogen-bond donors (Lipinski definition) is 3. The van der Waals surface area contributed by atoms with Crippen LogP contribution in [-0.2, 0) is 24.0 Å². The summed E-state index contributed by atoms with van der Waals surface area (Å²) >= 11 is 5.17. The van der Waals surface area contributed by atoms with Gasteiger partial charge in [0.2, 0.25) is 0 Å². The number of aliphatic carboxylic acids is 1. The fourth-order valence-electron chi connectivity index (χ4n) is 3.65. The van der Waals surface area contributed by atoms with E-state index in [0.29, 0.717) is 21.4 Å². The molecule has 0 bridgehead atoms. The summed E-state index contributed by atoms with van der Waals surface area (Å²) in [6, 6.07) is -0.980. The number of aryl methyl sites for hydroxylation is 1. The second-order valence-corrected chi connectivity index (χ2v) is 13.9. The Labute approximate surface area is 251 Å². The van der Waals surface area contributed by atoms with Crippen molar-refractivity contribution in [3.8, 4) is 0 Å². The van der Waals surface area contributed by atoms with Gasteiger partial charge in [-0.25, -0.2) is 14.6 Å². The van der Waals surface area contributed by atoms with E-state index < -0.39 is 40.9 Å². The molecule has 41 heavy (non-hydrogen) atoms. The number of ether oxygens (including phenoxy) is 1. The lowest BCUT2D eigenvalue weighted by Crippen LogP contribution is -2.71. The first-order valence-corrected chi connectivity index (χ1v) is 15.9. The molecule has 2 aliphatic heterocycles. The van der Waals surface area contributed by atoms with Crippen LogP contribution in [0.1, 0.15) is 38.4 Å². The molecule has 18 heteroatoms. The van der Waals surface area contributed by atoms with Crippen molar-refractivity contribution >= 4 is 80.9 Å². The molecule has 2 atom stereocenters. The average molecular weight is 642 g/mol. The summed E-state index contributed by atoms with van der Waals surface area (Å²) in [6.07, 6.45) is -0.709. The van der Waals surface area contributed by atoms with Crippen LogP contribution in [0.15, 0.2) is 26.1 Å². The Morgan fingerprint density at radius 2 is 2.05 bits per heavy atom. The number of carbonyl (C=O) groups excluding carboxylic acids is 3. The number of nitrogens with one attached hydrogen (secondary N) is 2. The summed E-state index contributed by atoms with van der Waals surface area (Å²) in [4.78, 5) is 61.1. The maximum Gasteiger partial charge on any atom is 0.413 e. The number of thioether (sulfide) groups is 2. The first-order chi connectivity index (χ1) is 19.4. The van der Waals surface area contributed by atoms with Crippen molar-refractivity contribution in [2.45, 2.75) is 56.0 Å². The second-order valence-electron chi connectivity index (χ2n) is 9.52. The minimum absolute atomic E-state index is 0.0847. The third-order valence-corrected chi connectivity index (χ3v) is 9.42. The summed E-state index contributed by atoms with van der Waals surface area (Å²) < 4.78 is 5.93. The zero-order valence-corrected chi connectivity index (χ0v) is 25.9. The highest BCUT2D eigenvalue weighted by molar-refractivity contribution is 8.01. The Morgan fingerprint density at radius 1 is 1.29 bits per heavy atom. The third-order valence-electron chi connectivity index (χ3n) is 5.27. The van der Waals surface area contributed by atoms with Gasteiger partial charge in [0.15, 0.2) is 15.2 Å². The van der Waals surface area contributed by atoms with Crippen LogP contribution < -0.4 is 10.6 Å². The van der Waals surface area contributed by atoms with Crippen molar-refractivity contribution in [2.24, 2.45) is 5.16 Å². The predicted octanol–water partition coefficient (Wildman–Crippen LogP) is 2.92. The number of thiazole rings is 1. The highest BCUT2D eigenvalue weighted by Crippen LogP contribution is 2.41. The first-order valence-electron chi connectivity index (χ1n) is 12.2. The lowest BCUT2D eigenvalue weighted by Gasteiger charge is -2.49. The summed E-state index contributed by atoms with van der Waals surface area (Å²) in [5.74, 6) is -1.81. The molecule has 1 fully saturated rings. The zero-order chi connectivity index (χ0) is 29.9. The van der Waals surface area contributed by atoms with Crippen LogP contribution in [0.3, 0.4) is 0 Å². The molecule has 1 unspecified atom stereocenters. The highest BCUT2D eigenvalue weighted by atomic mass is 32.2. The number of β-lactam (4-membered cyclic amide) rings is 1. The molecule has 0 aliphatic carbocycles. The normalized spacial score (nSPS) is 18.9.